The molecule has 7 heteroatoms. The molecule has 0 unspecified atom stereocenters. The smallest absolute Gasteiger partial charge is 0.257 e. The molecule has 0 aliphatic rings. The van der Waals surface area contributed by atoms with E-state index in [0.29, 0.717) is 11.3 Å². The molecule has 0 fully saturated rings. The molecule has 0 aliphatic carbocycles. The number of ether oxygens (including phenoxy) is 1. The van der Waals surface area contributed by atoms with Gasteiger partial charge in [-0.3, -0.25) is 10.1 Å². The van der Waals surface area contributed by atoms with Crippen molar-refractivity contribution >= 4 is 67.4 Å². The first-order valence-electron chi connectivity index (χ1n) is 7.19. The lowest BCUT2D eigenvalue weighted by molar-refractivity contribution is 0.0977. The lowest BCUT2D eigenvalue weighted by Gasteiger charge is -2.13. The summed E-state index contributed by atoms with van der Waals surface area (Å²) >= 11 is 10.8. The first-order chi connectivity index (χ1) is 11.3. The minimum absolute atomic E-state index is 0.0468. The Hall–Kier alpha value is -1.19. The Morgan fingerprint density at radius 3 is 2.67 bits per heavy atom. The summed E-state index contributed by atoms with van der Waals surface area (Å²) in [4.78, 5) is 12.3. The van der Waals surface area contributed by atoms with Crippen molar-refractivity contribution in [1.82, 2.24) is 5.32 Å². The van der Waals surface area contributed by atoms with Crippen LogP contribution >= 0.6 is 50.7 Å². The Labute approximate surface area is 168 Å². The van der Waals surface area contributed by atoms with E-state index in [1.165, 1.54) is 0 Å². The molecule has 0 atom stereocenters. The van der Waals surface area contributed by atoms with Gasteiger partial charge in [-0.05, 0) is 85.1 Å². The normalized spacial score (nSPS) is 10.4. The fraction of sp³-hybridized carbons (Fsp3) is 0.176. The van der Waals surface area contributed by atoms with E-state index in [9.17, 15) is 4.79 Å². The minimum Gasteiger partial charge on any atom is -0.491 e. The molecular formula is C17H16BrIN2O2S. The molecule has 2 aromatic rings. The number of rotatable bonds is 4. The molecule has 0 saturated heterocycles. The highest BCUT2D eigenvalue weighted by atomic mass is 127. The average Bonchev–Trinajstić information content (AvgIpc) is 2.49. The van der Waals surface area contributed by atoms with Crippen LogP contribution in [0.1, 0.15) is 24.2 Å². The van der Waals surface area contributed by atoms with Crippen LogP contribution in [0.3, 0.4) is 0 Å². The van der Waals surface area contributed by atoms with Gasteiger partial charge in [-0.25, -0.2) is 0 Å². The van der Waals surface area contributed by atoms with Crippen molar-refractivity contribution in [3.63, 3.8) is 0 Å². The molecule has 1 amide bonds. The summed E-state index contributed by atoms with van der Waals surface area (Å²) in [5.74, 6) is 0.368. The van der Waals surface area contributed by atoms with Crippen molar-refractivity contribution in [3.05, 3.63) is 56.1 Å². The topological polar surface area (TPSA) is 50.4 Å². The summed E-state index contributed by atoms with van der Waals surface area (Å²) in [5, 5.41) is 5.95. The SMILES string of the molecule is CC(C)Oc1cccc(C(=O)NC(=S)Nc2ccc(Br)cc2I)c1. The van der Waals surface area contributed by atoms with E-state index in [-0.39, 0.29) is 17.1 Å². The summed E-state index contributed by atoms with van der Waals surface area (Å²) in [5.41, 5.74) is 1.32. The zero-order valence-corrected chi connectivity index (χ0v) is 17.7. The molecule has 0 spiro atoms. The summed E-state index contributed by atoms with van der Waals surface area (Å²) in [6.45, 7) is 3.87. The van der Waals surface area contributed by atoms with Gasteiger partial charge in [-0.15, -0.1) is 0 Å². The van der Waals surface area contributed by atoms with Gasteiger partial charge in [0.2, 0.25) is 0 Å². The summed E-state index contributed by atoms with van der Waals surface area (Å²) in [6.07, 6.45) is 0.0468. The number of thiocarbonyl (C=S) groups is 1. The first kappa shape index (κ1) is 19.1. The maximum absolute atomic E-state index is 12.3. The number of hydrogen-bond acceptors (Lipinski definition) is 3. The third kappa shape index (κ3) is 5.71. The molecule has 0 aliphatic heterocycles. The number of anilines is 1. The van der Waals surface area contributed by atoms with Gasteiger partial charge in [0.15, 0.2) is 5.11 Å². The summed E-state index contributed by atoms with van der Waals surface area (Å²) in [6, 6.07) is 12.8. The van der Waals surface area contributed by atoms with Crippen LogP contribution in [0.4, 0.5) is 5.69 Å². The molecule has 4 nitrogen and oxygen atoms in total. The van der Waals surface area contributed by atoms with Crippen LogP contribution in [-0.4, -0.2) is 17.1 Å². The van der Waals surface area contributed by atoms with Gasteiger partial charge in [0.25, 0.3) is 5.91 Å². The van der Waals surface area contributed by atoms with Crippen molar-refractivity contribution < 1.29 is 9.53 Å². The number of amides is 1. The Balaban J connectivity index is 2.02. The maximum atomic E-state index is 12.3. The fourth-order valence-corrected chi connectivity index (χ4v) is 3.54. The number of hydrogen-bond donors (Lipinski definition) is 2. The largest absolute Gasteiger partial charge is 0.491 e. The van der Waals surface area contributed by atoms with Crippen LogP contribution in [0, 0.1) is 3.57 Å². The van der Waals surface area contributed by atoms with Gasteiger partial charge >= 0.3 is 0 Å². The van der Waals surface area contributed by atoms with E-state index in [0.717, 1.165) is 13.7 Å². The van der Waals surface area contributed by atoms with Gasteiger partial charge < -0.3 is 10.1 Å². The van der Waals surface area contributed by atoms with Crippen molar-refractivity contribution in [2.45, 2.75) is 20.0 Å². The molecule has 2 N–H and O–H groups in total. The van der Waals surface area contributed by atoms with Crippen LogP contribution < -0.4 is 15.4 Å². The fourth-order valence-electron chi connectivity index (χ4n) is 1.90. The lowest BCUT2D eigenvalue weighted by Crippen LogP contribution is -2.34. The van der Waals surface area contributed by atoms with E-state index in [1.807, 2.05) is 38.1 Å². The van der Waals surface area contributed by atoms with Crippen LogP contribution in [0.5, 0.6) is 5.75 Å². The quantitative estimate of drug-likeness (QED) is 0.443. The number of benzene rings is 2. The van der Waals surface area contributed by atoms with Gasteiger partial charge in [0.05, 0.1) is 11.8 Å². The second-order valence-corrected chi connectivity index (χ2v) is 7.71. The van der Waals surface area contributed by atoms with E-state index in [4.69, 9.17) is 17.0 Å². The van der Waals surface area contributed by atoms with Crippen LogP contribution in [0.15, 0.2) is 46.9 Å². The van der Waals surface area contributed by atoms with E-state index >= 15 is 0 Å². The lowest BCUT2D eigenvalue weighted by atomic mass is 10.2. The second kappa shape index (κ2) is 8.77. The maximum Gasteiger partial charge on any atom is 0.257 e. The summed E-state index contributed by atoms with van der Waals surface area (Å²) < 4.78 is 7.57. The van der Waals surface area contributed by atoms with Gasteiger partial charge in [-0.1, -0.05) is 22.0 Å². The van der Waals surface area contributed by atoms with Crippen LogP contribution in [0.25, 0.3) is 0 Å². The third-order valence-corrected chi connectivity index (χ3v) is 4.46. The molecular weight excluding hydrogens is 503 g/mol. The molecule has 0 saturated carbocycles. The number of carbonyl (C=O) groups excluding carboxylic acids is 1. The first-order valence-corrected chi connectivity index (χ1v) is 9.47. The zero-order valence-electron chi connectivity index (χ0n) is 13.1. The van der Waals surface area contributed by atoms with Crippen LogP contribution in [-0.2, 0) is 0 Å². The molecule has 0 radical (unpaired) electrons. The van der Waals surface area contributed by atoms with Crippen molar-refractivity contribution in [3.8, 4) is 5.75 Å². The predicted molar refractivity (Wildman–Crippen MR) is 113 cm³/mol. The molecule has 0 heterocycles. The van der Waals surface area contributed by atoms with Gasteiger partial charge in [0, 0.05) is 13.6 Å². The van der Waals surface area contributed by atoms with Crippen molar-refractivity contribution in [1.29, 1.82) is 0 Å². The van der Waals surface area contributed by atoms with E-state index in [2.05, 4.69) is 49.2 Å². The van der Waals surface area contributed by atoms with Crippen molar-refractivity contribution in [2.24, 2.45) is 0 Å². The monoisotopic (exact) mass is 518 g/mol. The minimum atomic E-state index is -0.283. The van der Waals surface area contributed by atoms with Gasteiger partial charge in [0.1, 0.15) is 5.75 Å². The van der Waals surface area contributed by atoms with E-state index < -0.39 is 0 Å². The average molecular weight is 519 g/mol. The molecule has 2 aromatic carbocycles. The molecule has 2 rings (SSSR count). The third-order valence-electron chi connectivity index (χ3n) is 2.87. The molecule has 0 aromatic heterocycles. The second-order valence-electron chi connectivity index (χ2n) is 5.23. The Morgan fingerprint density at radius 2 is 2.00 bits per heavy atom. The number of nitrogens with one attached hydrogen (secondary N) is 2. The number of halogens is 2. The van der Waals surface area contributed by atoms with Gasteiger partial charge in [-0.2, -0.15) is 0 Å². The molecule has 24 heavy (non-hydrogen) atoms. The predicted octanol–water partition coefficient (Wildman–Crippen LogP) is 4.97. The molecule has 0 bridgehead atoms. The van der Waals surface area contributed by atoms with Crippen molar-refractivity contribution in [2.75, 3.05) is 5.32 Å². The molecule has 126 valence electrons. The Bertz CT molecular complexity index is 768. The highest BCUT2D eigenvalue weighted by molar-refractivity contribution is 14.1. The van der Waals surface area contributed by atoms with Crippen LogP contribution in [0.2, 0.25) is 0 Å². The highest BCUT2D eigenvalue weighted by Crippen LogP contribution is 2.22. The van der Waals surface area contributed by atoms with E-state index in [1.54, 1.807) is 18.2 Å². The zero-order chi connectivity index (χ0) is 17.7. The highest BCUT2D eigenvalue weighted by Gasteiger charge is 2.10. The number of carbonyl (C=O) groups is 1. The Morgan fingerprint density at radius 1 is 1.25 bits per heavy atom. The standard InChI is InChI=1S/C17H16BrIN2O2S/c1-10(2)23-13-5-3-4-11(8-13)16(22)21-17(24)20-15-7-6-12(18)9-14(15)19/h3-10H,1-2H3,(H2,20,21,22,24). The Kier molecular flexibility index (Phi) is 7.00. The summed E-state index contributed by atoms with van der Waals surface area (Å²) in [7, 11) is 0.